The van der Waals surface area contributed by atoms with E-state index >= 15 is 0 Å². The van der Waals surface area contributed by atoms with Crippen LogP contribution in [0.2, 0.25) is 0 Å². The Balaban J connectivity index is 3.40. The van der Waals surface area contributed by atoms with Crippen LogP contribution < -0.4 is 0 Å². The highest BCUT2D eigenvalue weighted by molar-refractivity contribution is 6.17. The second-order valence-corrected chi connectivity index (χ2v) is 2.01. The summed E-state index contributed by atoms with van der Waals surface area (Å²) in [6.45, 7) is 5.62. The van der Waals surface area contributed by atoms with E-state index in [1.165, 1.54) is 5.57 Å². The summed E-state index contributed by atoms with van der Waals surface area (Å²) in [4.78, 5) is 0. The zero-order valence-corrected chi connectivity index (χ0v) is 5.91. The van der Waals surface area contributed by atoms with Crippen molar-refractivity contribution in [1.29, 1.82) is 0 Å². The summed E-state index contributed by atoms with van der Waals surface area (Å²) in [6.07, 6.45) is 4.84. The van der Waals surface area contributed by atoms with Gasteiger partial charge >= 0.3 is 0 Å². The molecule has 0 atom stereocenters. The molecule has 0 aliphatic heterocycles. The highest BCUT2D eigenvalue weighted by Crippen LogP contribution is 1.95. The molecule has 0 aliphatic rings. The Bertz CT molecular complexity index is 92.6. The van der Waals surface area contributed by atoms with Crippen molar-refractivity contribution in [1.82, 2.24) is 0 Å². The predicted molar refractivity (Wildman–Crippen MR) is 39.3 cm³/mol. The minimum atomic E-state index is 0.700. The van der Waals surface area contributed by atoms with Gasteiger partial charge in [0.1, 0.15) is 0 Å². The van der Waals surface area contributed by atoms with Crippen LogP contribution in [0.4, 0.5) is 0 Å². The van der Waals surface area contributed by atoms with Crippen molar-refractivity contribution in [2.75, 3.05) is 5.88 Å². The van der Waals surface area contributed by atoms with Crippen molar-refractivity contribution in [3.63, 3.8) is 0 Å². The molecule has 0 spiro atoms. The van der Waals surface area contributed by atoms with Gasteiger partial charge < -0.3 is 0 Å². The van der Waals surface area contributed by atoms with Crippen LogP contribution in [0.1, 0.15) is 13.3 Å². The third kappa shape index (κ3) is 3.94. The molecule has 0 saturated heterocycles. The van der Waals surface area contributed by atoms with Gasteiger partial charge in [0.2, 0.25) is 0 Å². The molecule has 46 valence electrons. The Morgan fingerprint density at radius 2 is 2.38 bits per heavy atom. The van der Waals surface area contributed by atoms with E-state index in [4.69, 9.17) is 11.6 Å². The van der Waals surface area contributed by atoms with Gasteiger partial charge in [-0.15, -0.1) is 11.6 Å². The van der Waals surface area contributed by atoms with Crippen molar-refractivity contribution in [2.45, 2.75) is 13.3 Å². The molecule has 0 radical (unpaired) electrons. The lowest BCUT2D eigenvalue weighted by Crippen LogP contribution is -1.69. The molecule has 1 heteroatoms. The summed E-state index contributed by atoms with van der Waals surface area (Å²) in [5.41, 5.74) is 1.20. The molecule has 0 aromatic heterocycles. The monoisotopic (exact) mass is 130 g/mol. The van der Waals surface area contributed by atoms with Crippen LogP contribution in [-0.4, -0.2) is 5.88 Å². The first-order valence-electron chi connectivity index (χ1n) is 2.66. The molecule has 0 rings (SSSR count). The highest BCUT2D eigenvalue weighted by atomic mass is 35.5. The molecule has 0 unspecified atom stereocenters. The molecule has 0 bridgehead atoms. The van der Waals surface area contributed by atoms with Gasteiger partial charge in [-0.25, -0.2) is 0 Å². The van der Waals surface area contributed by atoms with Crippen LogP contribution in [0, 0.1) is 0 Å². The predicted octanol–water partition coefficient (Wildman–Crippen LogP) is 2.75. The Morgan fingerprint density at radius 3 is 2.75 bits per heavy atom. The van der Waals surface area contributed by atoms with Gasteiger partial charge in [0.15, 0.2) is 0 Å². The van der Waals surface area contributed by atoms with E-state index < -0.39 is 0 Å². The summed E-state index contributed by atoms with van der Waals surface area (Å²) in [5.74, 6) is 0.700. The molecule has 0 N–H and O–H groups in total. The van der Waals surface area contributed by atoms with Gasteiger partial charge in [0, 0.05) is 5.88 Å². The number of allylic oxidation sites excluding steroid dienone is 3. The van der Waals surface area contributed by atoms with Gasteiger partial charge in [-0.3, -0.25) is 0 Å². The Morgan fingerprint density at radius 1 is 1.75 bits per heavy atom. The largest absolute Gasteiger partial charge is 0.126 e. The lowest BCUT2D eigenvalue weighted by molar-refractivity contribution is 1.21. The van der Waals surface area contributed by atoms with E-state index in [1.807, 2.05) is 13.0 Å². The molecular weight excluding hydrogens is 120 g/mol. The van der Waals surface area contributed by atoms with Crippen molar-refractivity contribution in [2.24, 2.45) is 0 Å². The molecular formula is C7H11Cl. The molecule has 0 aliphatic carbocycles. The molecule has 0 fully saturated rings. The summed E-state index contributed by atoms with van der Waals surface area (Å²) in [5, 5.41) is 0. The molecule has 0 nitrogen and oxygen atoms in total. The molecule has 0 amide bonds. The van der Waals surface area contributed by atoms with Crippen molar-refractivity contribution >= 4 is 11.6 Å². The maximum Gasteiger partial charge on any atom is 0.0258 e. The first kappa shape index (κ1) is 7.77. The first-order chi connectivity index (χ1) is 3.81. The van der Waals surface area contributed by atoms with E-state index in [2.05, 4.69) is 12.7 Å². The average molecular weight is 131 g/mol. The Labute approximate surface area is 55.9 Å². The first-order valence-corrected chi connectivity index (χ1v) is 3.20. The van der Waals surface area contributed by atoms with Crippen LogP contribution >= 0.6 is 11.6 Å². The van der Waals surface area contributed by atoms with Crippen molar-refractivity contribution < 1.29 is 0 Å². The van der Waals surface area contributed by atoms with E-state index in [0.29, 0.717) is 5.88 Å². The van der Waals surface area contributed by atoms with Crippen molar-refractivity contribution in [3.8, 4) is 0 Å². The average Bonchev–Trinajstić information content (AvgIpc) is 1.83. The van der Waals surface area contributed by atoms with Crippen LogP contribution in [0.15, 0.2) is 24.3 Å². The maximum absolute atomic E-state index is 5.42. The van der Waals surface area contributed by atoms with Gasteiger partial charge in [-0.05, 0) is 13.3 Å². The Hall–Kier alpha value is -0.230. The number of halogens is 1. The topological polar surface area (TPSA) is 0 Å². The van der Waals surface area contributed by atoms with Crippen LogP contribution in [0.25, 0.3) is 0 Å². The standard InChI is InChI=1S/C7H11Cl/c1-3-7(2)5-4-6-8/h3,5H,1,4,6H2,2H3. The fourth-order valence-corrected chi connectivity index (χ4v) is 0.475. The smallest absolute Gasteiger partial charge is 0.0258 e. The highest BCUT2D eigenvalue weighted by Gasteiger charge is 1.77. The van der Waals surface area contributed by atoms with Gasteiger partial charge in [-0.2, -0.15) is 0 Å². The van der Waals surface area contributed by atoms with E-state index in [9.17, 15) is 0 Å². The zero-order chi connectivity index (χ0) is 6.41. The molecule has 0 saturated carbocycles. The summed E-state index contributed by atoms with van der Waals surface area (Å²) in [6, 6.07) is 0. The maximum atomic E-state index is 5.42. The van der Waals surface area contributed by atoms with E-state index in [0.717, 1.165) is 6.42 Å². The summed E-state index contributed by atoms with van der Waals surface area (Å²) < 4.78 is 0. The van der Waals surface area contributed by atoms with Gasteiger partial charge in [0.25, 0.3) is 0 Å². The van der Waals surface area contributed by atoms with Gasteiger partial charge in [-0.1, -0.05) is 24.3 Å². The van der Waals surface area contributed by atoms with Crippen LogP contribution in [-0.2, 0) is 0 Å². The Kier molecular flexibility index (Phi) is 4.78. The SMILES string of the molecule is C=CC(C)=CCCCl. The zero-order valence-electron chi connectivity index (χ0n) is 5.15. The van der Waals surface area contributed by atoms with Crippen LogP contribution in [0.3, 0.4) is 0 Å². The van der Waals surface area contributed by atoms with Crippen molar-refractivity contribution in [3.05, 3.63) is 24.3 Å². The fraction of sp³-hybridized carbons (Fsp3) is 0.429. The number of alkyl halides is 1. The third-order valence-electron chi connectivity index (χ3n) is 0.897. The minimum absolute atomic E-state index is 0.700. The van der Waals surface area contributed by atoms with E-state index in [1.54, 1.807) is 0 Å². The molecule has 0 heterocycles. The lowest BCUT2D eigenvalue weighted by atomic mass is 10.2. The summed E-state index contributed by atoms with van der Waals surface area (Å²) in [7, 11) is 0. The molecule has 8 heavy (non-hydrogen) atoms. The second kappa shape index (κ2) is 4.92. The molecule has 0 aromatic carbocycles. The van der Waals surface area contributed by atoms with Gasteiger partial charge in [0.05, 0.1) is 0 Å². The van der Waals surface area contributed by atoms with Crippen LogP contribution in [0.5, 0.6) is 0 Å². The quantitative estimate of drug-likeness (QED) is 0.407. The second-order valence-electron chi connectivity index (χ2n) is 1.63. The fourth-order valence-electron chi connectivity index (χ4n) is 0.366. The minimum Gasteiger partial charge on any atom is -0.126 e. The van der Waals surface area contributed by atoms with E-state index in [-0.39, 0.29) is 0 Å². The summed E-state index contributed by atoms with van der Waals surface area (Å²) >= 11 is 5.42. The normalized spacial score (nSPS) is 11.5. The lowest BCUT2D eigenvalue weighted by Gasteiger charge is -1.86. The number of hydrogen-bond acceptors (Lipinski definition) is 0. The molecule has 0 aromatic rings. The number of rotatable bonds is 3. The third-order valence-corrected chi connectivity index (χ3v) is 1.12. The number of hydrogen-bond donors (Lipinski definition) is 0.